The van der Waals surface area contributed by atoms with Gasteiger partial charge in [-0.15, -0.1) is 0 Å². The summed E-state index contributed by atoms with van der Waals surface area (Å²) in [6.07, 6.45) is -3.22. The largest absolute Gasteiger partial charge is 0.493 e. The molecular weight excluding hydrogens is 366 g/mol. The van der Waals surface area contributed by atoms with E-state index < -0.39 is 23.5 Å². The van der Waals surface area contributed by atoms with Crippen molar-refractivity contribution in [3.05, 3.63) is 71.8 Å². The molecule has 0 fully saturated rings. The summed E-state index contributed by atoms with van der Waals surface area (Å²) in [4.78, 5) is 12.4. The predicted molar refractivity (Wildman–Crippen MR) is 89.5 cm³/mol. The number of alkyl halides is 3. The zero-order chi connectivity index (χ0) is 19.6. The van der Waals surface area contributed by atoms with Crippen LogP contribution in [0.25, 0.3) is 5.69 Å². The molecule has 1 heterocycles. The van der Waals surface area contributed by atoms with Gasteiger partial charge in [0.25, 0.3) is 5.91 Å². The molecule has 1 aromatic heterocycles. The van der Waals surface area contributed by atoms with Crippen molar-refractivity contribution in [1.82, 2.24) is 9.78 Å². The summed E-state index contributed by atoms with van der Waals surface area (Å²) in [6, 6.07) is 9.73. The van der Waals surface area contributed by atoms with Crippen LogP contribution in [-0.4, -0.2) is 22.8 Å². The van der Waals surface area contributed by atoms with Crippen molar-refractivity contribution in [2.24, 2.45) is 0 Å². The van der Waals surface area contributed by atoms with E-state index in [-0.39, 0.29) is 22.8 Å². The lowest BCUT2D eigenvalue weighted by Crippen LogP contribution is -2.14. The Morgan fingerprint density at radius 2 is 1.89 bits per heavy atom. The molecule has 2 aromatic carbocycles. The topological polar surface area (TPSA) is 56.2 Å². The number of hydrogen-bond acceptors (Lipinski definition) is 3. The van der Waals surface area contributed by atoms with Crippen LogP contribution in [0.4, 0.5) is 23.2 Å². The van der Waals surface area contributed by atoms with Gasteiger partial charge in [-0.25, -0.2) is 9.07 Å². The minimum absolute atomic E-state index is 0.0568. The Labute approximate surface area is 151 Å². The second-order valence-electron chi connectivity index (χ2n) is 5.50. The molecule has 0 aliphatic rings. The van der Waals surface area contributed by atoms with Gasteiger partial charge in [-0.3, -0.25) is 4.79 Å². The molecular formula is C18H13F4N3O2. The monoisotopic (exact) mass is 379 g/mol. The molecule has 0 saturated heterocycles. The highest BCUT2D eigenvalue weighted by Crippen LogP contribution is 2.31. The van der Waals surface area contributed by atoms with E-state index in [4.69, 9.17) is 4.74 Å². The summed E-state index contributed by atoms with van der Waals surface area (Å²) in [5.74, 6) is -1.17. The molecule has 0 saturated carbocycles. The Bertz CT molecular complexity index is 983. The van der Waals surface area contributed by atoms with Crippen molar-refractivity contribution >= 4 is 11.6 Å². The van der Waals surface area contributed by atoms with E-state index in [9.17, 15) is 22.4 Å². The number of amides is 1. The summed E-state index contributed by atoms with van der Waals surface area (Å²) in [6.45, 7) is 0. The molecule has 5 nitrogen and oxygen atoms in total. The van der Waals surface area contributed by atoms with Gasteiger partial charge >= 0.3 is 6.18 Å². The number of anilines is 1. The molecule has 0 unspecified atom stereocenters. The summed E-state index contributed by atoms with van der Waals surface area (Å²) in [7, 11) is 1.30. The summed E-state index contributed by atoms with van der Waals surface area (Å²) >= 11 is 0. The summed E-state index contributed by atoms with van der Waals surface area (Å²) < 4.78 is 58.1. The first kappa shape index (κ1) is 18.4. The number of benzene rings is 2. The van der Waals surface area contributed by atoms with E-state index >= 15 is 0 Å². The average molecular weight is 379 g/mol. The number of carbonyl (C=O) groups excluding carboxylic acids is 1. The molecule has 1 amide bonds. The highest BCUT2D eigenvalue weighted by Gasteiger charge is 2.30. The number of aromatic nitrogens is 2. The van der Waals surface area contributed by atoms with Crippen molar-refractivity contribution in [2.45, 2.75) is 6.18 Å². The molecule has 0 spiro atoms. The van der Waals surface area contributed by atoms with Crippen LogP contribution in [0.5, 0.6) is 5.75 Å². The van der Waals surface area contributed by atoms with Crippen LogP contribution in [0.15, 0.2) is 54.7 Å². The molecule has 140 valence electrons. The highest BCUT2D eigenvalue weighted by molar-refractivity contribution is 6.04. The van der Waals surface area contributed by atoms with Gasteiger partial charge in [-0.1, -0.05) is 12.1 Å². The normalized spacial score (nSPS) is 11.3. The number of hydrogen-bond donors (Lipinski definition) is 1. The number of nitrogens with zero attached hydrogens (tertiary/aromatic N) is 2. The van der Waals surface area contributed by atoms with E-state index in [0.717, 1.165) is 22.9 Å². The van der Waals surface area contributed by atoms with E-state index in [1.165, 1.54) is 43.6 Å². The maximum atomic E-state index is 13.2. The van der Waals surface area contributed by atoms with Crippen molar-refractivity contribution in [2.75, 3.05) is 12.4 Å². The van der Waals surface area contributed by atoms with E-state index in [0.29, 0.717) is 0 Å². The van der Waals surface area contributed by atoms with Gasteiger partial charge in [0, 0.05) is 5.69 Å². The number of rotatable bonds is 4. The van der Waals surface area contributed by atoms with Crippen LogP contribution < -0.4 is 10.1 Å². The van der Waals surface area contributed by atoms with Crippen LogP contribution in [-0.2, 0) is 6.18 Å². The zero-order valence-corrected chi connectivity index (χ0v) is 13.9. The minimum atomic E-state index is -4.51. The maximum Gasteiger partial charge on any atom is 0.416 e. The van der Waals surface area contributed by atoms with Crippen LogP contribution in [0.3, 0.4) is 0 Å². The lowest BCUT2D eigenvalue weighted by atomic mass is 10.2. The van der Waals surface area contributed by atoms with Crippen molar-refractivity contribution in [3.8, 4) is 11.4 Å². The Morgan fingerprint density at radius 1 is 1.15 bits per heavy atom. The fourth-order valence-corrected chi connectivity index (χ4v) is 2.38. The van der Waals surface area contributed by atoms with Crippen LogP contribution in [0.2, 0.25) is 0 Å². The summed E-state index contributed by atoms with van der Waals surface area (Å²) in [5, 5.41) is 6.47. The van der Waals surface area contributed by atoms with Gasteiger partial charge in [-0.05, 0) is 36.4 Å². The van der Waals surface area contributed by atoms with Gasteiger partial charge in [0.15, 0.2) is 11.4 Å². The smallest absolute Gasteiger partial charge is 0.416 e. The molecule has 3 rings (SSSR count). The number of carbonyl (C=O) groups is 1. The first-order valence-electron chi connectivity index (χ1n) is 7.66. The number of halogens is 4. The first-order chi connectivity index (χ1) is 12.8. The van der Waals surface area contributed by atoms with Crippen LogP contribution in [0.1, 0.15) is 16.1 Å². The van der Waals surface area contributed by atoms with Crippen LogP contribution in [0, 0.1) is 5.82 Å². The van der Waals surface area contributed by atoms with Crippen molar-refractivity contribution in [1.29, 1.82) is 0 Å². The van der Waals surface area contributed by atoms with E-state index in [2.05, 4.69) is 10.4 Å². The van der Waals surface area contributed by atoms with Gasteiger partial charge in [0.05, 0.1) is 24.6 Å². The quantitative estimate of drug-likeness (QED) is 0.688. The highest BCUT2D eigenvalue weighted by atomic mass is 19.4. The predicted octanol–water partition coefficient (Wildman–Crippen LogP) is 4.29. The first-order valence-corrected chi connectivity index (χ1v) is 7.66. The lowest BCUT2D eigenvalue weighted by molar-refractivity contribution is -0.137. The SMILES string of the molecule is COc1cn(-c2cccc(C(F)(F)F)c2)nc1C(=O)Nc1cccc(F)c1. The fourth-order valence-electron chi connectivity index (χ4n) is 2.38. The summed E-state index contributed by atoms with van der Waals surface area (Å²) in [5.41, 5.74) is -0.692. The molecule has 9 heteroatoms. The van der Waals surface area contributed by atoms with Crippen molar-refractivity contribution in [3.63, 3.8) is 0 Å². The third-order valence-corrected chi connectivity index (χ3v) is 3.64. The van der Waals surface area contributed by atoms with E-state index in [1.807, 2.05) is 0 Å². The minimum Gasteiger partial charge on any atom is -0.493 e. The molecule has 0 bridgehead atoms. The third-order valence-electron chi connectivity index (χ3n) is 3.64. The molecule has 0 radical (unpaired) electrons. The van der Waals surface area contributed by atoms with Gasteiger partial charge in [0.2, 0.25) is 0 Å². The average Bonchev–Trinajstić information content (AvgIpc) is 3.06. The van der Waals surface area contributed by atoms with Gasteiger partial charge in [-0.2, -0.15) is 18.3 Å². The zero-order valence-electron chi connectivity index (χ0n) is 13.9. The third kappa shape index (κ3) is 4.08. The second kappa shape index (κ2) is 7.10. The Balaban J connectivity index is 1.93. The standard InChI is InChI=1S/C18H13F4N3O2/c1-27-15-10-25(14-7-2-4-11(8-14)18(20,21)22)24-16(15)17(26)23-13-6-3-5-12(19)9-13/h2-10H,1H3,(H,23,26). The number of methoxy groups -OCH3 is 1. The maximum absolute atomic E-state index is 13.2. The van der Waals surface area contributed by atoms with Gasteiger partial charge in [0.1, 0.15) is 5.82 Å². The molecule has 0 aliphatic heterocycles. The van der Waals surface area contributed by atoms with E-state index in [1.54, 1.807) is 0 Å². The number of nitrogens with one attached hydrogen (secondary N) is 1. The molecule has 27 heavy (non-hydrogen) atoms. The van der Waals surface area contributed by atoms with Crippen molar-refractivity contribution < 1.29 is 27.1 Å². The Hall–Kier alpha value is -3.36. The molecule has 0 aliphatic carbocycles. The molecule has 3 aromatic rings. The van der Waals surface area contributed by atoms with Gasteiger partial charge < -0.3 is 10.1 Å². The number of ether oxygens (including phenoxy) is 1. The fraction of sp³-hybridized carbons (Fsp3) is 0.111. The Morgan fingerprint density at radius 3 is 2.56 bits per heavy atom. The molecule has 1 N–H and O–H groups in total. The Kier molecular flexibility index (Phi) is 4.85. The van der Waals surface area contributed by atoms with Crippen LogP contribution >= 0.6 is 0 Å². The lowest BCUT2D eigenvalue weighted by Gasteiger charge is -2.08. The molecule has 0 atom stereocenters. The second-order valence-corrected chi connectivity index (χ2v) is 5.50.